The minimum atomic E-state index is 0.655. The molecule has 130 valence electrons. The van der Waals surface area contributed by atoms with E-state index in [1.165, 1.54) is 6.33 Å². The van der Waals surface area contributed by atoms with Crippen molar-refractivity contribution in [2.24, 2.45) is 0 Å². The van der Waals surface area contributed by atoms with E-state index in [-0.39, 0.29) is 0 Å². The molecule has 8 nitrogen and oxygen atoms in total. The van der Waals surface area contributed by atoms with E-state index in [2.05, 4.69) is 35.6 Å². The van der Waals surface area contributed by atoms with Crippen LogP contribution < -0.4 is 15.4 Å². The van der Waals surface area contributed by atoms with Crippen molar-refractivity contribution in [1.29, 1.82) is 0 Å². The molecule has 8 heteroatoms. The number of benzene rings is 1. The monoisotopic (exact) mass is 347 g/mol. The summed E-state index contributed by atoms with van der Waals surface area (Å²) in [5.74, 6) is 1.37. The first kappa shape index (κ1) is 15.8. The van der Waals surface area contributed by atoms with Crippen molar-refractivity contribution in [3.8, 4) is 17.0 Å². The van der Waals surface area contributed by atoms with Gasteiger partial charge in [-0.3, -0.25) is 0 Å². The highest BCUT2D eigenvalue weighted by Gasteiger charge is 2.15. The van der Waals surface area contributed by atoms with Gasteiger partial charge in [-0.05, 0) is 30.3 Å². The van der Waals surface area contributed by atoms with E-state index in [1.54, 1.807) is 19.6 Å². The fourth-order valence-corrected chi connectivity index (χ4v) is 2.75. The van der Waals surface area contributed by atoms with Crippen LogP contribution in [0.5, 0.6) is 5.75 Å². The Labute approximate surface area is 149 Å². The largest absolute Gasteiger partial charge is 0.495 e. The Morgan fingerprint density at radius 1 is 1.08 bits per heavy atom. The minimum Gasteiger partial charge on any atom is -0.495 e. The number of hydrogen-bond donors (Lipinski definition) is 3. The zero-order chi connectivity index (χ0) is 17.9. The fraction of sp³-hybridized carbons (Fsp3) is 0.111. The second-order valence-electron chi connectivity index (χ2n) is 5.51. The topological polar surface area (TPSA) is 101 Å². The molecule has 3 N–H and O–H groups in total. The smallest absolute Gasteiger partial charge is 0.161 e. The number of nitrogens with zero attached hydrogens (tertiary/aromatic N) is 4. The third kappa shape index (κ3) is 2.77. The Kier molecular flexibility index (Phi) is 4.06. The van der Waals surface area contributed by atoms with Crippen LogP contribution in [0.2, 0.25) is 0 Å². The number of ether oxygens (including phenoxy) is 1. The maximum atomic E-state index is 5.46. The van der Waals surface area contributed by atoms with Gasteiger partial charge in [0.2, 0.25) is 0 Å². The van der Waals surface area contributed by atoms with Crippen molar-refractivity contribution in [3.05, 3.63) is 49.2 Å². The summed E-state index contributed by atoms with van der Waals surface area (Å²) in [5, 5.41) is 6.47. The van der Waals surface area contributed by atoms with E-state index in [0.717, 1.165) is 16.9 Å². The van der Waals surface area contributed by atoms with Gasteiger partial charge in [0.1, 0.15) is 29.1 Å². The molecule has 0 unspecified atom stereocenters. The van der Waals surface area contributed by atoms with Gasteiger partial charge < -0.3 is 20.4 Å². The summed E-state index contributed by atoms with van der Waals surface area (Å²) in [6.07, 6.45) is 4.84. The summed E-state index contributed by atoms with van der Waals surface area (Å²) in [5.41, 5.74) is 4.66. The molecule has 0 saturated heterocycles. The highest BCUT2D eigenvalue weighted by Crippen LogP contribution is 2.34. The van der Waals surface area contributed by atoms with E-state index in [0.29, 0.717) is 28.4 Å². The van der Waals surface area contributed by atoms with E-state index in [4.69, 9.17) is 4.74 Å². The van der Waals surface area contributed by atoms with Crippen LogP contribution in [0.25, 0.3) is 22.4 Å². The minimum absolute atomic E-state index is 0.655. The van der Waals surface area contributed by atoms with Crippen molar-refractivity contribution in [2.75, 3.05) is 24.8 Å². The maximum absolute atomic E-state index is 5.46. The molecule has 0 saturated carbocycles. The molecule has 0 fully saturated rings. The summed E-state index contributed by atoms with van der Waals surface area (Å²) in [7, 11) is 3.50. The number of hydrogen-bond acceptors (Lipinski definition) is 7. The van der Waals surface area contributed by atoms with Crippen molar-refractivity contribution in [3.63, 3.8) is 0 Å². The highest BCUT2D eigenvalue weighted by atomic mass is 16.5. The first-order valence-corrected chi connectivity index (χ1v) is 8.02. The molecule has 0 atom stereocenters. The van der Waals surface area contributed by atoms with Gasteiger partial charge in [0.15, 0.2) is 5.65 Å². The first-order valence-electron chi connectivity index (χ1n) is 8.02. The molecular weight excluding hydrogens is 330 g/mol. The number of aromatic amines is 1. The number of fused-ring (bicyclic) bond motifs is 1. The lowest BCUT2D eigenvalue weighted by Gasteiger charge is -2.14. The normalized spacial score (nSPS) is 10.7. The van der Waals surface area contributed by atoms with Crippen molar-refractivity contribution < 1.29 is 4.74 Å². The number of anilines is 3. The molecule has 0 bridgehead atoms. The number of H-pyrrole nitrogens is 1. The van der Waals surface area contributed by atoms with Crippen LogP contribution in [0.15, 0.2) is 49.2 Å². The molecule has 3 aromatic heterocycles. The lowest BCUT2D eigenvalue weighted by atomic mass is 10.1. The number of aromatic nitrogens is 5. The molecule has 4 rings (SSSR count). The Morgan fingerprint density at radius 3 is 2.85 bits per heavy atom. The van der Waals surface area contributed by atoms with Gasteiger partial charge in [-0.25, -0.2) is 19.9 Å². The van der Waals surface area contributed by atoms with Gasteiger partial charge in [-0.1, -0.05) is 0 Å². The van der Waals surface area contributed by atoms with Crippen LogP contribution in [0, 0.1) is 0 Å². The van der Waals surface area contributed by atoms with Crippen LogP contribution in [0.3, 0.4) is 0 Å². The second-order valence-corrected chi connectivity index (χ2v) is 5.51. The SMILES string of the molecule is CNc1ccc(OC)c(Nc2ncccc2-c2ncnc3[nH]cnc23)c1. The summed E-state index contributed by atoms with van der Waals surface area (Å²) >= 11 is 0. The molecule has 0 spiro atoms. The van der Waals surface area contributed by atoms with Gasteiger partial charge in [-0.2, -0.15) is 0 Å². The predicted molar refractivity (Wildman–Crippen MR) is 101 cm³/mol. The summed E-state index contributed by atoms with van der Waals surface area (Å²) in [6, 6.07) is 9.61. The fourth-order valence-electron chi connectivity index (χ4n) is 2.75. The van der Waals surface area contributed by atoms with Gasteiger partial charge in [-0.15, -0.1) is 0 Å². The van der Waals surface area contributed by atoms with Crippen molar-refractivity contribution >= 4 is 28.4 Å². The Hall–Kier alpha value is -3.68. The number of rotatable bonds is 5. The molecular formula is C18H17N7O. The zero-order valence-electron chi connectivity index (χ0n) is 14.3. The van der Waals surface area contributed by atoms with Crippen LogP contribution >= 0.6 is 0 Å². The van der Waals surface area contributed by atoms with Gasteiger partial charge in [0.05, 0.1) is 19.1 Å². The number of methoxy groups -OCH3 is 1. The second kappa shape index (κ2) is 6.67. The first-order chi connectivity index (χ1) is 12.8. The van der Waals surface area contributed by atoms with Gasteiger partial charge in [0.25, 0.3) is 0 Å². The maximum Gasteiger partial charge on any atom is 0.161 e. The van der Waals surface area contributed by atoms with E-state index in [9.17, 15) is 0 Å². The molecule has 26 heavy (non-hydrogen) atoms. The van der Waals surface area contributed by atoms with Crippen LogP contribution in [0.4, 0.5) is 17.2 Å². The molecule has 0 aliphatic carbocycles. The lowest BCUT2D eigenvalue weighted by molar-refractivity contribution is 0.417. The Balaban J connectivity index is 1.82. The van der Waals surface area contributed by atoms with Gasteiger partial charge in [0, 0.05) is 24.5 Å². The van der Waals surface area contributed by atoms with Crippen molar-refractivity contribution in [1.82, 2.24) is 24.9 Å². The zero-order valence-corrected chi connectivity index (χ0v) is 14.3. The molecule has 0 radical (unpaired) electrons. The number of imidazole rings is 1. The van der Waals surface area contributed by atoms with Crippen molar-refractivity contribution in [2.45, 2.75) is 0 Å². The van der Waals surface area contributed by atoms with Crippen LogP contribution in [-0.2, 0) is 0 Å². The van der Waals surface area contributed by atoms with Crippen LogP contribution in [-0.4, -0.2) is 39.1 Å². The van der Waals surface area contributed by atoms with E-state index in [1.807, 2.05) is 37.4 Å². The average Bonchev–Trinajstić information content (AvgIpc) is 3.17. The third-order valence-corrected chi connectivity index (χ3v) is 4.02. The third-order valence-electron chi connectivity index (χ3n) is 4.02. The van der Waals surface area contributed by atoms with Crippen LogP contribution in [0.1, 0.15) is 0 Å². The predicted octanol–water partition coefficient (Wildman–Crippen LogP) is 3.21. The summed E-state index contributed by atoms with van der Waals surface area (Å²) in [4.78, 5) is 20.4. The molecule has 3 heterocycles. The lowest BCUT2D eigenvalue weighted by Crippen LogP contribution is -2.01. The summed E-state index contributed by atoms with van der Waals surface area (Å²) < 4.78 is 5.46. The molecule has 4 aromatic rings. The molecule has 0 aliphatic heterocycles. The average molecular weight is 347 g/mol. The molecule has 0 amide bonds. The Bertz CT molecular complexity index is 1060. The highest BCUT2D eigenvalue weighted by molar-refractivity contribution is 5.91. The quantitative estimate of drug-likeness (QED) is 0.509. The number of nitrogens with one attached hydrogen (secondary N) is 3. The molecule has 0 aliphatic rings. The molecule has 1 aromatic carbocycles. The standard InChI is InChI=1S/C18H17N7O/c1-19-11-5-6-14(26-2)13(8-11)25-17-12(4-3-7-20-17)15-16-18(23-9-21-15)24-10-22-16/h3-10,19H,1-2H3,(H,20,25)(H,21,22,23,24). The van der Waals surface area contributed by atoms with Gasteiger partial charge >= 0.3 is 0 Å². The number of pyridine rings is 1. The van der Waals surface area contributed by atoms with E-state index < -0.39 is 0 Å². The summed E-state index contributed by atoms with van der Waals surface area (Å²) in [6.45, 7) is 0. The van der Waals surface area contributed by atoms with E-state index >= 15 is 0 Å². The Morgan fingerprint density at radius 2 is 2.00 bits per heavy atom.